The second kappa shape index (κ2) is 3.55. The van der Waals surface area contributed by atoms with Gasteiger partial charge >= 0.3 is 0 Å². The van der Waals surface area contributed by atoms with Gasteiger partial charge in [0, 0.05) is 6.20 Å². The Kier molecular flexibility index (Phi) is 2.24. The van der Waals surface area contributed by atoms with E-state index in [0.29, 0.717) is 0 Å². The van der Waals surface area contributed by atoms with E-state index in [1.807, 2.05) is 12.1 Å². The van der Waals surface area contributed by atoms with Gasteiger partial charge in [-0.2, -0.15) is 0 Å². The molecular weight excluding hydrogens is 180 g/mol. The minimum atomic E-state index is -0.488. The number of aromatic nitrogens is 4. The van der Waals surface area contributed by atoms with Crippen LogP contribution in [0.5, 0.6) is 0 Å². The van der Waals surface area contributed by atoms with Gasteiger partial charge in [-0.05, 0) is 18.6 Å². The Morgan fingerprint density at radius 2 is 2.00 bits per heavy atom. The molecule has 0 amide bonds. The smallest absolute Gasteiger partial charge is 0.139 e. The lowest BCUT2D eigenvalue weighted by Gasteiger charge is -2.04. The Labute approximate surface area is 81.1 Å². The van der Waals surface area contributed by atoms with Crippen LogP contribution in [0.15, 0.2) is 31.0 Å². The number of rotatable bonds is 2. The summed E-state index contributed by atoms with van der Waals surface area (Å²) in [5.74, 6) is 0.736. The fraction of sp³-hybridized carbons (Fsp3) is 0.222. The topological polar surface area (TPSA) is 63.8 Å². The molecule has 0 fully saturated rings. The number of nitrogens with zero attached hydrogens (tertiary/aromatic N) is 4. The molecule has 0 radical (unpaired) electrons. The van der Waals surface area contributed by atoms with Gasteiger partial charge in [-0.25, -0.2) is 4.98 Å². The van der Waals surface area contributed by atoms with Crippen molar-refractivity contribution in [2.24, 2.45) is 0 Å². The molecule has 2 heterocycles. The average Bonchev–Trinajstić information content (AvgIpc) is 2.71. The Hall–Kier alpha value is -1.75. The summed E-state index contributed by atoms with van der Waals surface area (Å²) in [6.07, 6.45) is 4.30. The lowest BCUT2D eigenvalue weighted by molar-refractivity contribution is 0.199. The SMILES string of the molecule is C[C@H](O)c1ccc(-n2cnnc2)nc1. The molecule has 0 bridgehead atoms. The van der Waals surface area contributed by atoms with E-state index >= 15 is 0 Å². The van der Waals surface area contributed by atoms with Crippen molar-refractivity contribution in [3.63, 3.8) is 0 Å². The van der Waals surface area contributed by atoms with Crippen LogP contribution in [0.1, 0.15) is 18.6 Å². The van der Waals surface area contributed by atoms with Gasteiger partial charge in [0.2, 0.25) is 0 Å². The lowest BCUT2D eigenvalue weighted by atomic mass is 10.2. The number of hydrogen-bond acceptors (Lipinski definition) is 4. The first-order valence-electron chi connectivity index (χ1n) is 4.26. The van der Waals surface area contributed by atoms with Crippen LogP contribution in [0, 0.1) is 0 Å². The molecule has 1 N–H and O–H groups in total. The molecule has 0 saturated carbocycles. The standard InChI is InChI=1S/C9H10N4O/c1-7(14)8-2-3-9(10-4-8)13-5-11-12-6-13/h2-7,14H,1H3/t7-/m0/s1. The first-order chi connectivity index (χ1) is 6.77. The molecule has 14 heavy (non-hydrogen) atoms. The van der Waals surface area contributed by atoms with Crippen LogP contribution in [0.25, 0.3) is 5.82 Å². The van der Waals surface area contributed by atoms with Crippen molar-refractivity contribution in [2.75, 3.05) is 0 Å². The maximum Gasteiger partial charge on any atom is 0.139 e. The van der Waals surface area contributed by atoms with E-state index in [-0.39, 0.29) is 0 Å². The van der Waals surface area contributed by atoms with Crippen LogP contribution >= 0.6 is 0 Å². The molecule has 2 rings (SSSR count). The quantitative estimate of drug-likeness (QED) is 0.757. The maximum atomic E-state index is 9.27. The van der Waals surface area contributed by atoms with Gasteiger partial charge < -0.3 is 5.11 Å². The third-order valence-electron chi connectivity index (χ3n) is 1.94. The number of hydrogen-bond donors (Lipinski definition) is 1. The third-order valence-corrected chi connectivity index (χ3v) is 1.94. The number of aliphatic hydroxyl groups is 1. The van der Waals surface area contributed by atoms with Crippen LogP contribution in [0.3, 0.4) is 0 Å². The molecule has 0 aliphatic rings. The minimum absolute atomic E-state index is 0.488. The van der Waals surface area contributed by atoms with E-state index in [1.54, 1.807) is 30.3 Å². The highest BCUT2D eigenvalue weighted by molar-refractivity contribution is 5.25. The van der Waals surface area contributed by atoms with Crippen molar-refractivity contribution in [1.29, 1.82) is 0 Å². The van der Waals surface area contributed by atoms with Crippen LogP contribution < -0.4 is 0 Å². The third kappa shape index (κ3) is 1.62. The highest BCUT2D eigenvalue weighted by atomic mass is 16.3. The Morgan fingerprint density at radius 3 is 2.50 bits per heavy atom. The average molecular weight is 190 g/mol. The van der Waals surface area contributed by atoms with E-state index in [1.165, 1.54) is 0 Å². The Morgan fingerprint density at radius 1 is 1.29 bits per heavy atom. The van der Waals surface area contributed by atoms with Crippen molar-refractivity contribution in [3.8, 4) is 5.82 Å². The van der Waals surface area contributed by atoms with Crippen molar-refractivity contribution in [1.82, 2.24) is 19.7 Å². The van der Waals surface area contributed by atoms with Crippen LogP contribution in [-0.2, 0) is 0 Å². The first-order valence-corrected chi connectivity index (χ1v) is 4.26. The molecule has 72 valence electrons. The molecular formula is C9H10N4O. The minimum Gasteiger partial charge on any atom is -0.389 e. The largest absolute Gasteiger partial charge is 0.389 e. The fourth-order valence-corrected chi connectivity index (χ4v) is 1.12. The molecule has 0 aliphatic carbocycles. The summed E-state index contributed by atoms with van der Waals surface area (Å²) in [6, 6.07) is 3.64. The molecule has 5 heteroatoms. The predicted molar refractivity (Wildman–Crippen MR) is 49.8 cm³/mol. The van der Waals surface area contributed by atoms with Gasteiger partial charge in [0.25, 0.3) is 0 Å². The monoisotopic (exact) mass is 190 g/mol. The lowest BCUT2D eigenvalue weighted by Crippen LogP contribution is -1.97. The zero-order valence-corrected chi connectivity index (χ0v) is 7.70. The summed E-state index contributed by atoms with van der Waals surface area (Å²) in [5, 5.41) is 16.6. The summed E-state index contributed by atoms with van der Waals surface area (Å²) in [7, 11) is 0. The summed E-state index contributed by atoms with van der Waals surface area (Å²) in [5.41, 5.74) is 0.793. The Bertz CT molecular complexity index is 393. The molecule has 0 saturated heterocycles. The fourth-order valence-electron chi connectivity index (χ4n) is 1.12. The number of pyridine rings is 1. The van der Waals surface area contributed by atoms with E-state index in [2.05, 4.69) is 15.2 Å². The molecule has 0 unspecified atom stereocenters. The van der Waals surface area contributed by atoms with Gasteiger partial charge in [0.1, 0.15) is 18.5 Å². The molecule has 5 nitrogen and oxygen atoms in total. The van der Waals surface area contributed by atoms with Gasteiger partial charge in [-0.3, -0.25) is 4.57 Å². The van der Waals surface area contributed by atoms with E-state index in [0.717, 1.165) is 11.4 Å². The summed E-state index contributed by atoms with van der Waals surface area (Å²) in [4.78, 5) is 4.17. The normalized spacial score (nSPS) is 12.7. The molecule has 0 aliphatic heterocycles. The second-order valence-electron chi connectivity index (χ2n) is 2.99. The van der Waals surface area contributed by atoms with Crippen molar-refractivity contribution in [2.45, 2.75) is 13.0 Å². The van der Waals surface area contributed by atoms with Crippen LogP contribution in [-0.4, -0.2) is 24.9 Å². The molecule has 2 aromatic heterocycles. The van der Waals surface area contributed by atoms with Crippen molar-refractivity contribution in [3.05, 3.63) is 36.5 Å². The van der Waals surface area contributed by atoms with Crippen molar-refractivity contribution >= 4 is 0 Å². The van der Waals surface area contributed by atoms with Gasteiger partial charge in [-0.15, -0.1) is 10.2 Å². The van der Waals surface area contributed by atoms with E-state index in [9.17, 15) is 5.11 Å². The van der Waals surface area contributed by atoms with Gasteiger partial charge in [0.15, 0.2) is 0 Å². The molecule has 0 aromatic carbocycles. The number of aliphatic hydroxyl groups excluding tert-OH is 1. The highest BCUT2D eigenvalue weighted by Gasteiger charge is 2.02. The second-order valence-corrected chi connectivity index (χ2v) is 2.99. The zero-order valence-electron chi connectivity index (χ0n) is 7.70. The summed E-state index contributed by atoms with van der Waals surface area (Å²) < 4.78 is 1.70. The van der Waals surface area contributed by atoms with Crippen LogP contribution in [0.2, 0.25) is 0 Å². The van der Waals surface area contributed by atoms with E-state index in [4.69, 9.17) is 0 Å². The molecule has 2 aromatic rings. The summed E-state index contributed by atoms with van der Waals surface area (Å²) in [6.45, 7) is 1.70. The summed E-state index contributed by atoms with van der Waals surface area (Å²) >= 11 is 0. The van der Waals surface area contributed by atoms with Gasteiger partial charge in [-0.1, -0.05) is 6.07 Å². The predicted octanol–water partition coefficient (Wildman–Crippen LogP) is 0.716. The molecule has 0 spiro atoms. The first kappa shape index (κ1) is 8.83. The van der Waals surface area contributed by atoms with Crippen molar-refractivity contribution < 1.29 is 5.11 Å². The highest BCUT2D eigenvalue weighted by Crippen LogP contribution is 2.11. The molecule has 1 atom stereocenters. The van der Waals surface area contributed by atoms with Crippen LogP contribution in [0.4, 0.5) is 0 Å². The maximum absolute atomic E-state index is 9.27. The van der Waals surface area contributed by atoms with E-state index < -0.39 is 6.10 Å². The zero-order chi connectivity index (χ0) is 9.97. The van der Waals surface area contributed by atoms with Gasteiger partial charge in [0.05, 0.1) is 6.10 Å². The Balaban J connectivity index is 2.31.